The standard InChI is InChI=1S/C19H28N2O3/c1-4-24-18-11-6-5-10-16(18)17(20-15(3)22)13-19(23)21-12-8-7-9-14(21)2/h5-6,10-11,14,17H,4,7-9,12-13H2,1-3H3,(H,20,22)/t14-,17-/m0/s1. The first-order chi connectivity index (χ1) is 11.5. The summed E-state index contributed by atoms with van der Waals surface area (Å²) < 4.78 is 5.67. The van der Waals surface area contributed by atoms with Crippen LogP contribution in [-0.2, 0) is 9.59 Å². The van der Waals surface area contributed by atoms with Crippen LogP contribution in [-0.4, -0.2) is 35.9 Å². The fourth-order valence-corrected chi connectivity index (χ4v) is 3.30. The smallest absolute Gasteiger partial charge is 0.225 e. The Hall–Kier alpha value is -2.04. The SMILES string of the molecule is CCOc1ccccc1[C@H](CC(=O)N1CCCC[C@@H]1C)NC(C)=O. The topological polar surface area (TPSA) is 58.6 Å². The van der Waals surface area contributed by atoms with E-state index in [0.29, 0.717) is 6.61 Å². The Bertz CT molecular complexity index is 573. The maximum atomic E-state index is 12.8. The van der Waals surface area contributed by atoms with Gasteiger partial charge in [-0.1, -0.05) is 18.2 Å². The van der Waals surface area contributed by atoms with Crippen LogP contribution in [0.5, 0.6) is 5.75 Å². The van der Waals surface area contributed by atoms with Gasteiger partial charge in [-0.2, -0.15) is 0 Å². The quantitative estimate of drug-likeness (QED) is 0.871. The first kappa shape index (κ1) is 18.3. The molecule has 1 fully saturated rings. The van der Waals surface area contributed by atoms with Gasteiger partial charge < -0.3 is 15.0 Å². The molecule has 0 bridgehead atoms. The molecule has 2 amide bonds. The van der Waals surface area contributed by atoms with E-state index in [2.05, 4.69) is 12.2 Å². The van der Waals surface area contributed by atoms with Crippen molar-refractivity contribution in [1.29, 1.82) is 0 Å². The van der Waals surface area contributed by atoms with Gasteiger partial charge in [0.1, 0.15) is 5.75 Å². The second kappa shape index (κ2) is 8.71. The number of amides is 2. The first-order valence-corrected chi connectivity index (χ1v) is 8.81. The number of ether oxygens (including phenoxy) is 1. The van der Waals surface area contributed by atoms with Crippen molar-refractivity contribution in [2.75, 3.05) is 13.2 Å². The zero-order valence-electron chi connectivity index (χ0n) is 14.9. The van der Waals surface area contributed by atoms with Crippen LogP contribution in [0.1, 0.15) is 58.1 Å². The summed E-state index contributed by atoms with van der Waals surface area (Å²) in [4.78, 5) is 26.4. The molecule has 1 saturated heterocycles. The summed E-state index contributed by atoms with van der Waals surface area (Å²) in [6.45, 7) is 6.84. The molecular weight excluding hydrogens is 304 g/mol. The average Bonchev–Trinajstić information content (AvgIpc) is 2.55. The molecule has 2 atom stereocenters. The lowest BCUT2D eigenvalue weighted by molar-refractivity contribution is -0.135. The first-order valence-electron chi connectivity index (χ1n) is 8.81. The monoisotopic (exact) mass is 332 g/mol. The molecule has 1 aromatic carbocycles. The zero-order valence-corrected chi connectivity index (χ0v) is 14.9. The lowest BCUT2D eigenvalue weighted by atomic mass is 9.99. The minimum atomic E-state index is -0.369. The van der Waals surface area contributed by atoms with Crippen LogP contribution in [0.2, 0.25) is 0 Å². The largest absolute Gasteiger partial charge is 0.494 e. The van der Waals surface area contributed by atoms with Gasteiger partial charge in [0.2, 0.25) is 11.8 Å². The Morgan fingerprint density at radius 1 is 1.33 bits per heavy atom. The van der Waals surface area contributed by atoms with E-state index in [9.17, 15) is 9.59 Å². The fourth-order valence-electron chi connectivity index (χ4n) is 3.30. The number of benzene rings is 1. The highest BCUT2D eigenvalue weighted by atomic mass is 16.5. The summed E-state index contributed by atoms with van der Waals surface area (Å²) >= 11 is 0. The van der Waals surface area contributed by atoms with Crippen LogP contribution in [0.15, 0.2) is 24.3 Å². The molecule has 1 aromatic rings. The van der Waals surface area contributed by atoms with Crippen LogP contribution < -0.4 is 10.1 Å². The third-order valence-electron chi connectivity index (χ3n) is 4.47. The van der Waals surface area contributed by atoms with Crippen molar-refractivity contribution >= 4 is 11.8 Å². The van der Waals surface area contributed by atoms with E-state index in [1.54, 1.807) is 0 Å². The van der Waals surface area contributed by atoms with Crippen molar-refractivity contribution in [1.82, 2.24) is 10.2 Å². The minimum absolute atomic E-state index is 0.0900. The summed E-state index contributed by atoms with van der Waals surface area (Å²) in [7, 11) is 0. The van der Waals surface area contributed by atoms with E-state index in [0.717, 1.165) is 30.7 Å². The molecule has 5 nitrogen and oxygen atoms in total. The molecule has 0 unspecified atom stereocenters. The number of hydrogen-bond acceptors (Lipinski definition) is 3. The zero-order chi connectivity index (χ0) is 17.5. The van der Waals surface area contributed by atoms with Gasteiger partial charge in [0.05, 0.1) is 19.1 Å². The molecule has 5 heteroatoms. The molecule has 0 aromatic heterocycles. The van der Waals surface area contributed by atoms with Gasteiger partial charge in [-0.25, -0.2) is 0 Å². The van der Waals surface area contributed by atoms with Gasteiger partial charge in [0.15, 0.2) is 0 Å². The number of piperidine rings is 1. The molecule has 0 aliphatic carbocycles. The highest BCUT2D eigenvalue weighted by molar-refractivity contribution is 5.79. The van der Waals surface area contributed by atoms with Crippen molar-refractivity contribution < 1.29 is 14.3 Å². The predicted molar refractivity (Wildman–Crippen MR) is 93.8 cm³/mol. The van der Waals surface area contributed by atoms with Gasteiger partial charge in [-0.3, -0.25) is 9.59 Å². The summed E-state index contributed by atoms with van der Waals surface area (Å²) in [6.07, 6.45) is 3.53. The number of para-hydroxylation sites is 1. The Morgan fingerprint density at radius 2 is 2.08 bits per heavy atom. The lowest BCUT2D eigenvalue weighted by Gasteiger charge is -2.34. The maximum absolute atomic E-state index is 12.8. The normalized spacial score (nSPS) is 18.8. The van der Waals surface area contributed by atoms with Gasteiger partial charge in [-0.15, -0.1) is 0 Å². The van der Waals surface area contributed by atoms with E-state index in [-0.39, 0.29) is 30.3 Å². The molecule has 1 aliphatic heterocycles. The predicted octanol–water partition coefficient (Wildman–Crippen LogP) is 3.05. The highest BCUT2D eigenvalue weighted by Crippen LogP contribution is 2.29. The number of hydrogen-bond donors (Lipinski definition) is 1. The van der Waals surface area contributed by atoms with Crippen molar-refractivity contribution in [3.05, 3.63) is 29.8 Å². The van der Waals surface area contributed by atoms with Crippen LogP contribution in [0.3, 0.4) is 0 Å². The van der Waals surface area contributed by atoms with E-state index in [1.165, 1.54) is 13.3 Å². The Balaban J connectivity index is 2.19. The third-order valence-corrected chi connectivity index (χ3v) is 4.47. The maximum Gasteiger partial charge on any atom is 0.225 e. The molecule has 1 aliphatic rings. The van der Waals surface area contributed by atoms with Gasteiger partial charge >= 0.3 is 0 Å². The van der Waals surface area contributed by atoms with Crippen molar-refractivity contribution in [2.24, 2.45) is 0 Å². The Labute approximate surface area is 144 Å². The molecule has 2 rings (SSSR count). The summed E-state index contributed by atoms with van der Waals surface area (Å²) in [5.74, 6) is 0.663. The summed E-state index contributed by atoms with van der Waals surface area (Å²) in [5, 5.41) is 2.91. The number of carbonyl (C=O) groups excluding carboxylic acids is 2. The molecule has 0 spiro atoms. The van der Waals surface area contributed by atoms with Crippen molar-refractivity contribution in [3.8, 4) is 5.75 Å². The molecule has 0 saturated carbocycles. The number of rotatable bonds is 6. The lowest BCUT2D eigenvalue weighted by Crippen LogP contribution is -2.43. The Morgan fingerprint density at radius 3 is 2.75 bits per heavy atom. The second-order valence-corrected chi connectivity index (χ2v) is 6.36. The summed E-state index contributed by atoms with van der Waals surface area (Å²) in [6, 6.07) is 7.49. The van der Waals surface area contributed by atoms with Gasteiger partial charge in [0.25, 0.3) is 0 Å². The molecule has 24 heavy (non-hydrogen) atoms. The number of likely N-dealkylation sites (tertiary alicyclic amines) is 1. The molecule has 0 radical (unpaired) electrons. The van der Waals surface area contributed by atoms with Crippen LogP contribution in [0, 0.1) is 0 Å². The van der Waals surface area contributed by atoms with Crippen LogP contribution >= 0.6 is 0 Å². The molecule has 1 N–H and O–H groups in total. The molecule has 1 heterocycles. The fraction of sp³-hybridized carbons (Fsp3) is 0.579. The second-order valence-electron chi connectivity index (χ2n) is 6.36. The number of carbonyl (C=O) groups is 2. The minimum Gasteiger partial charge on any atom is -0.494 e. The van der Waals surface area contributed by atoms with Crippen LogP contribution in [0.4, 0.5) is 0 Å². The van der Waals surface area contributed by atoms with E-state index in [4.69, 9.17) is 4.74 Å². The Kier molecular flexibility index (Phi) is 6.64. The number of nitrogens with one attached hydrogen (secondary N) is 1. The molecular formula is C19H28N2O3. The van der Waals surface area contributed by atoms with E-state index < -0.39 is 0 Å². The van der Waals surface area contributed by atoms with Crippen LogP contribution in [0.25, 0.3) is 0 Å². The van der Waals surface area contributed by atoms with Gasteiger partial charge in [-0.05, 0) is 39.2 Å². The van der Waals surface area contributed by atoms with Gasteiger partial charge in [0, 0.05) is 25.1 Å². The van der Waals surface area contributed by atoms with E-state index in [1.807, 2.05) is 36.1 Å². The summed E-state index contributed by atoms with van der Waals surface area (Å²) in [5.41, 5.74) is 0.854. The average molecular weight is 332 g/mol. The molecule has 132 valence electrons. The number of nitrogens with zero attached hydrogens (tertiary/aromatic N) is 1. The highest BCUT2D eigenvalue weighted by Gasteiger charge is 2.27. The third kappa shape index (κ3) is 4.73. The van der Waals surface area contributed by atoms with Crippen molar-refractivity contribution in [2.45, 2.75) is 58.5 Å². The van der Waals surface area contributed by atoms with E-state index >= 15 is 0 Å². The van der Waals surface area contributed by atoms with Crippen molar-refractivity contribution in [3.63, 3.8) is 0 Å².